The lowest BCUT2D eigenvalue weighted by molar-refractivity contribution is 1.31. The second-order valence-electron chi connectivity index (χ2n) is 5.19. The first-order chi connectivity index (χ1) is 10.7. The first-order valence-corrected chi connectivity index (χ1v) is 7.97. The first-order valence-electron chi connectivity index (χ1n) is 7.18. The highest BCUT2D eigenvalue weighted by atomic mass is 79.9. The van der Waals surface area contributed by atoms with Crippen LogP contribution < -0.4 is 0 Å². The third kappa shape index (κ3) is 3.52. The van der Waals surface area contributed by atoms with Crippen molar-refractivity contribution < 1.29 is 0 Å². The maximum atomic E-state index is 4.48. The van der Waals surface area contributed by atoms with Crippen molar-refractivity contribution in [1.29, 1.82) is 0 Å². The van der Waals surface area contributed by atoms with Gasteiger partial charge in [-0.15, -0.1) is 0 Å². The summed E-state index contributed by atoms with van der Waals surface area (Å²) in [6.07, 6.45) is 6.11. The lowest BCUT2D eigenvalue weighted by Gasteiger charge is -2.07. The van der Waals surface area contributed by atoms with E-state index >= 15 is 0 Å². The molecule has 0 amide bonds. The Morgan fingerprint density at radius 3 is 2.45 bits per heavy atom. The van der Waals surface area contributed by atoms with E-state index in [2.05, 4.69) is 82.5 Å². The molecule has 0 aliphatic carbocycles. The highest BCUT2D eigenvalue weighted by Gasteiger charge is 2.04. The van der Waals surface area contributed by atoms with Crippen molar-refractivity contribution in [3.63, 3.8) is 0 Å². The molecule has 0 saturated carbocycles. The summed E-state index contributed by atoms with van der Waals surface area (Å²) in [5.74, 6) is 0. The predicted molar refractivity (Wildman–Crippen MR) is 97.5 cm³/mol. The topological polar surface area (TPSA) is 12.9 Å². The zero-order valence-corrected chi connectivity index (χ0v) is 13.9. The number of rotatable bonds is 3. The largest absolute Gasteiger partial charge is 0.256 e. The third-order valence-electron chi connectivity index (χ3n) is 3.47. The van der Waals surface area contributed by atoms with Crippen LogP contribution >= 0.6 is 15.9 Å². The van der Waals surface area contributed by atoms with Crippen molar-refractivity contribution in [2.45, 2.75) is 6.92 Å². The van der Waals surface area contributed by atoms with E-state index in [9.17, 15) is 0 Å². The summed E-state index contributed by atoms with van der Waals surface area (Å²) < 4.78 is 1.09. The van der Waals surface area contributed by atoms with Gasteiger partial charge in [-0.2, -0.15) is 0 Å². The van der Waals surface area contributed by atoms with Crippen molar-refractivity contribution in [3.05, 3.63) is 88.0 Å². The van der Waals surface area contributed by atoms with Crippen LogP contribution in [0.5, 0.6) is 0 Å². The minimum absolute atomic E-state index is 1.00. The fourth-order valence-corrected chi connectivity index (χ4v) is 2.58. The van der Waals surface area contributed by atoms with Crippen LogP contribution in [-0.4, -0.2) is 4.98 Å². The minimum atomic E-state index is 1.00. The molecule has 0 radical (unpaired) electrons. The molecule has 1 aromatic heterocycles. The van der Waals surface area contributed by atoms with Gasteiger partial charge in [0.1, 0.15) is 0 Å². The maximum Gasteiger partial charge on any atom is 0.0708 e. The van der Waals surface area contributed by atoms with Crippen LogP contribution in [0.4, 0.5) is 0 Å². The van der Waals surface area contributed by atoms with E-state index in [1.807, 2.05) is 24.4 Å². The Hall–Kier alpha value is -2.19. The van der Waals surface area contributed by atoms with Crippen molar-refractivity contribution in [3.8, 4) is 11.3 Å². The van der Waals surface area contributed by atoms with Gasteiger partial charge >= 0.3 is 0 Å². The molecule has 0 aliphatic heterocycles. The summed E-state index contributed by atoms with van der Waals surface area (Å²) in [5.41, 5.74) is 5.75. The van der Waals surface area contributed by atoms with E-state index in [0.29, 0.717) is 0 Å². The maximum absolute atomic E-state index is 4.48. The molecule has 0 fully saturated rings. The van der Waals surface area contributed by atoms with Crippen LogP contribution in [-0.2, 0) is 0 Å². The van der Waals surface area contributed by atoms with Crippen LogP contribution in [0, 0.1) is 6.92 Å². The van der Waals surface area contributed by atoms with E-state index in [1.54, 1.807) is 0 Å². The summed E-state index contributed by atoms with van der Waals surface area (Å²) >= 11 is 3.46. The third-order valence-corrected chi connectivity index (χ3v) is 4.00. The molecule has 1 nitrogen and oxygen atoms in total. The molecule has 3 aromatic rings. The van der Waals surface area contributed by atoms with Crippen molar-refractivity contribution in [1.82, 2.24) is 4.98 Å². The molecule has 0 spiro atoms. The zero-order valence-electron chi connectivity index (χ0n) is 12.3. The molecule has 0 aliphatic rings. The van der Waals surface area contributed by atoms with Crippen molar-refractivity contribution in [2.75, 3.05) is 0 Å². The van der Waals surface area contributed by atoms with Gasteiger partial charge in [0.05, 0.1) is 5.69 Å². The number of pyridine rings is 1. The van der Waals surface area contributed by atoms with Gasteiger partial charge in [-0.25, -0.2) is 0 Å². The molecule has 0 unspecified atom stereocenters. The Bertz CT molecular complexity index is 790. The molecular weight excluding hydrogens is 334 g/mol. The lowest BCUT2D eigenvalue weighted by atomic mass is 10.00. The highest BCUT2D eigenvalue weighted by Crippen LogP contribution is 2.25. The summed E-state index contributed by atoms with van der Waals surface area (Å²) in [6.45, 7) is 2.11. The Morgan fingerprint density at radius 1 is 0.909 bits per heavy atom. The molecule has 3 rings (SSSR count). The molecule has 0 saturated heterocycles. The summed E-state index contributed by atoms with van der Waals surface area (Å²) in [6, 6.07) is 20.8. The molecule has 1 heterocycles. The minimum Gasteiger partial charge on any atom is -0.256 e. The number of halogens is 1. The van der Waals surface area contributed by atoms with Gasteiger partial charge < -0.3 is 0 Å². The molecule has 0 N–H and O–H groups in total. The fraction of sp³-hybridized carbons (Fsp3) is 0.0500. The van der Waals surface area contributed by atoms with Crippen molar-refractivity contribution >= 4 is 28.1 Å². The monoisotopic (exact) mass is 349 g/mol. The lowest BCUT2D eigenvalue weighted by Crippen LogP contribution is -1.87. The molecule has 2 heteroatoms. The summed E-state index contributed by atoms with van der Waals surface area (Å²) in [4.78, 5) is 4.48. The van der Waals surface area contributed by atoms with Gasteiger partial charge in [-0.1, -0.05) is 64.0 Å². The number of nitrogens with zero attached hydrogens (tertiary/aromatic N) is 1. The molecule has 22 heavy (non-hydrogen) atoms. The molecule has 2 aromatic carbocycles. The summed E-state index contributed by atoms with van der Waals surface area (Å²) in [7, 11) is 0. The van der Waals surface area contributed by atoms with Crippen LogP contribution in [0.2, 0.25) is 0 Å². The van der Waals surface area contributed by atoms with Gasteiger partial charge in [0, 0.05) is 16.2 Å². The van der Waals surface area contributed by atoms with E-state index < -0.39 is 0 Å². The van der Waals surface area contributed by atoms with Crippen LogP contribution in [0.3, 0.4) is 0 Å². The Labute approximate surface area is 139 Å². The zero-order chi connectivity index (χ0) is 15.4. The normalized spacial score (nSPS) is 11.0. The second kappa shape index (κ2) is 6.71. The average molecular weight is 350 g/mol. The van der Waals surface area contributed by atoms with E-state index in [1.165, 1.54) is 16.7 Å². The molecule has 0 atom stereocenters. The second-order valence-corrected chi connectivity index (χ2v) is 6.11. The summed E-state index contributed by atoms with van der Waals surface area (Å²) in [5, 5.41) is 0. The van der Waals surface area contributed by atoms with Crippen LogP contribution in [0.15, 0.2) is 71.3 Å². The Balaban J connectivity index is 1.99. The number of hydrogen-bond acceptors (Lipinski definition) is 1. The Morgan fingerprint density at radius 2 is 1.73 bits per heavy atom. The number of aryl methyl sites for hydroxylation is 1. The average Bonchev–Trinajstić information content (AvgIpc) is 2.56. The van der Waals surface area contributed by atoms with Crippen LogP contribution in [0.1, 0.15) is 16.7 Å². The van der Waals surface area contributed by atoms with E-state index in [4.69, 9.17) is 0 Å². The van der Waals surface area contributed by atoms with Gasteiger partial charge in [-0.3, -0.25) is 4.98 Å². The number of benzene rings is 2. The van der Waals surface area contributed by atoms with Crippen molar-refractivity contribution in [2.24, 2.45) is 0 Å². The van der Waals surface area contributed by atoms with Crippen LogP contribution in [0.25, 0.3) is 23.4 Å². The van der Waals surface area contributed by atoms with E-state index in [0.717, 1.165) is 15.7 Å². The fourth-order valence-electron chi connectivity index (χ4n) is 2.32. The molecule has 0 bridgehead atoms. The quantitative estimate of drug-likeness (QED) is 0.529. The van der Waals surface area contributed by atoms with Gasteiger partial charge in [0.25, 0.3) is 0 Å². The first kappa shape index (κ1) is 14.7. The number of aromatic nitrogens is 1. The van der Waals surface area contributed by atoms with Gasteiger partial charge in [-0.05, 0) is 48.4 Å². The van der Waals surface area contributed by atoms with E-state index in [-0.39, 0.29) is 0 Å². The standard InChI is InChI=1S/C20H16BrN/c1-15-5-9-17(10-6-16-7-11-18(21)12-8-16)19(14-15)20-4-2-3-13-22-20/h2-14H,1H3/b10-6+. The predicted octanol–water partition coefficient (Wildman–Crippen LogP) is 5.99. The number of hydrogen-bond donors (Lipinski definition) is 0. The molecule has 108 valence electrons. The molecular formula is C20H16BrN. The van der Waals surface area contributed by atoms with Gasteiger partial charge in [0.15, 0.2) is 0 Å². The highest BCUT2D eigenvalue weighted by molar-refractivity contribution is 9.10. The SMILES string of the molecule is Cc1ccc(/C=C/c2ccc(Br)cc2)c(-c2ccccn2)c1. The Kier molecular flexibility index (Phi) is 4.50. The smallest absolute Gasteiger partial charge is 0.0708 e. The van der Waals surface area contributed by atoms with Gasteiger partial charge in [0.2, 0.25) is 0 Å².